The predicted molar refractivity (Wildman–Crippen MR) is 227 cm³/mol. The molecule has 0 fully saturated rings. The van der Waals surface area contributed by atoms with Crippen LogP contribution >= 0.6 is 0 Å². The minimum absolute atomic E-state index is 0.0732. The molecule has 0 unspecified atom stereocenters. The molecule has 8 aromatic carbocycles. The summed E-state index contributed by atoms with van der Waals surface area (Å²) in [6.07, 6.45) is 0. The monoisotopic (exact) mass is 714 g/mol. The lowest BCUT2D eigenvalue weighted by atomic mass is 9.99. The van der Waals surface area contributed by atoms with Crippen molar-refractivity contribution in [3.05, 3.63) is 206 Å². The highest BCUT2D eigenvalue weighted by Crippen LogP contribution is 2.36. The maximum absolute atomic E-state index is 9.74. The molecule has 0 spiro atoms. The van der Waals surface area contributed by atoms with Crippen LogP contribution in [0.15, 0.2) is 206 Å². The molecule has 0 atom stereocenters. The lowest BCUT2D eigenvalue weighted by Crippen LogP contribution is -2.00. The van der Waals surface area contributed by atoms with E-state index >= 15 is 0 Å². The van der Waals surface area contributed by atoms with Crippen molar-refractivity contribution in [2.24, 2.45) is 0 Å². The molecule has 10 rings (SSSR count). The van der Waals surface area contributed by atoms with Gasteiger partial charge in [0.1, 0.15) is 0 Å². The van der Waals surface area contributed by atoms with Crippen molar-refractivity contribution in [2.45, 2.75) is 0 Å². The second-order valence-electron chi connectivity index (χ2n) is 12.8. The summed E-state index contributed by atoms with van der Waals surface area (Å²) in [5, 5.41) is -0.422. The van der Waals surface area contributed by atoms with Crippen molar-refractivity contribution >= 4 is 21.8 Å². The fourth-order valence-electron chi connectivity index (χ4n) is 6.70. The van der Waals surface area contributed by atoms with Crippen molar-refractivity contribution in [3.8, 4) is 73.2 Å². The van der Waals surface area contributed by atoms with Crippen LogP contribution in [0.3, 0.4) is 0 Å². The minimum atomic E-state index is -0.703. The van der Waals surface area contributed by atoms with Gasteiger partial charge in [0.05, 0.1) is 27.5 Å². The van der Waals surface area contributed by atoms with Gasteiger partial charge in [0.15, 0.2) is 17.5 Å². The van der Waals surface area contributed by atoms with E-state index in [1.165, 1.54) is 0 Å². The maximum atomic E-state index is 9.74. The number of hydrogen-bond acceptors (Lipinski definition) is 3. The molecule has 0 aliphatic rings. The van der Waals surface area contributed by atoms with Crippen LogP contribution in [-0.4, -0.2) is 19.5 Å². The standard InChI is InChI=1S/C51H34N4/c1-4-13-35(14-5-1)36-23-25-37(26-24-36)38-27-29-40(30-28-38)50-52-49(39-15-6-2-7-16-39)53-51(54-50)43-18-12-17-41(33-43)42-31-32-46-45-21-10-11-22-47(45)55(48(46)34-42)44-19-8-3-9-20-44/h1-34H/i3D,8D,9D,10D,11D,19D,20D,21D,22D,31D,32D,34D. The number of aromatic nitrogens is 4. The number of hydrogen-bond donors (Lipinski definition) is 0. The van der Waals surface area contributed by atoms with E-state index in [4.69, 9.17) is 27.3 Å². The summed E-state index contributed by atoms with van der Waals surface area (Å²) in [4.78, 5) is 14.7. The summed E-state index contributed by atoms with van der Waals surface area (Å²) in [6, 6.07) is 35.3. The lowest BCUT2D eigenvalue weighted by molar-refractivity contribution is 1.07. The van der Waals surface area contributed by atoms with Crippen molar-refractivity contribution in [1.29, 1.82) is 0 Å². The first-order valence-electron chi connectivity index (χ1n) is 23.5. The Morgan fingerprint density at radius 3 is 1.47 bits per heavy atom. The Morgan fingerprint density at radius 2 is 0.818 bits per heavy atom. The second-order valence-corrected chi connectivity index (χ2v) is 12.8. The van der Waals surface area contributed by atoms with Crippen LogP contribution in [0, 0.1) is 0 Å². The first kappa shape index (κ1) is 21.9. The first-order valence-corrected chi connectivity index (χ1v) is 17.5. The molecule has 4 heteroatoms. The normalized spacial score (nSPS) is 14.3. The van der Waals surface area contributed by atoms with E-state index in [9.17, 15) is 4.11 Å². The molecule has 0 saturated heterocycles. The minimum Gasteiger partial charge on any atom is -0.309 e. The van der Waals surface area contributed by atoms with Crippen LogP contribution in [0.1, 0.15) is 16.4 Å². The third-order valence-electron chi connectivity index (χ3n) is 9.41. The van der Waals surface area contributed by atoms with Crippen molar-refractivity contribution < 1.29 is 16.4 Å². The van der Waals surface area contributed by atoms with E-state index in [2.05, 4.69) is 36.4 Å². The molecule has 0 aliphatic carbocycles. The average Bonchev–Trinajstić information content (AvgIpc) is 3.72. The fourth-order valence-corrected chi connectivity index (χ4v) is 6.70. The highest BCUT2D eigenvalue weighted by atomic mass is 15.0. The summed E-state index contributed by atoms with van der Waals surface area (Å²) in [5.41, 5.74) is 5.43. The molecule has 0 saturated carbocycles. The smallest absolute Gasteiger partial charge is 0.164 e. The first-order chi connectivity index (χ1) is 32.2. The van der Waals surface area contributed by atoms with Crippen molar-refractivity contribution in [1.82, 2.24) is 19.5 Å². The quantitative estimate of drug-likeness (QED) is 0.165. The number of rotatable bonds is 7. The van der Waals surface area contributed by atoms with Gasteiger partial charge in [-0.2, -0.15) is 0 Å². The summed E-state index contributed by atoms with van der Waals surface area (Å²) in [6.45, 7) is 0. The van der Waals surface area contributed by atoms with E-state index in [-0.39, 0.29) is 38.8 Å². The van der Waals surface area contributed by atoms with Crippen LogP contribution in [0.25, 0.3) is 95.0 Å². The summed E-state index contributed by atoms with van der Waals surface area (Å²) in [7, 11) is 0. The summed E-state index contributed by atoms with van der Waals surface area (Å²) in [5.74, 6) is 1.06. The summed E-state index contributed by atoms with van der Waals surface area (Å²) < 4.78 is 107. The SMILES string of the molecule is [2H]c1c([2H])c([2H])c(-n2c3c([2H])c([2H])c([2H])c([2H])c3c3c([2H])c([2H])c(-c4cccc(-c5nc(-c6ccccc6)nc(-c6ccc(-c7ccc(-c8ccccc8)cc7)cc6)n5)c4)c([2H])c32)c([2H])c1[2H]. The third-order valence-corrected chi connectivity index (χ3v) is 9.41. The molecule has 10 aromatic rings. The van der Waals surface area contributed by atoms with Crippen LogP contribution < -0.4 is 0 Å². The molecule has 0 N–H and O–H groups in total. The Balaban J connectivity index is 1.14. The van der Waals surface area contributed by atoms with E-state index < -0.39 is 78.2 Å². The van der Waals surface area contributed by atoms with Gasteiger partial charge in [0, 0.05) is 33.2 Å². The topological polar surface area (TPSA) is 43.6 Å². The predicted octanol–water partition coefficient (Wildman–Crippen LogP) is 13.0. The molecule has 4 nitrogen and oxygen atoms in total. The Hall–Kier alpha value is -7.43. The van der Waals surface area contributed by atoms with Crippen LogP contribution in [0.2, 0.25) is 0 Å². The highest BCUT2D eigenvalue weighted by molar-refractivity contribution is 6.10. The lowest BCUT2D eigenvalue weighted by Gasteiger charge is -2.11. The van der Waals surface area contributed by atoms with E-state index in [1.54, 1.807) is 24.3 Å². The molecule has 2 aromatic heterocycles. The van der Waals surface area contributed by atoms with Gasteiger partial charge in [-0.25, -0.2) is 15.0 Å². The molecule has 55 heavy (non-hydrogen) atoms. The van der Waals surface area contributed by atoms with Gasteiger partial charge in [-0.3, -0.25) is 0 Å². The molecule has 2 heterocycles. The second kappa shape index (κ2) is 13.8. The molecular weight excluding hydrogens is 669 g/mol. The van der Waals surface area contributed by atoms with Gasteiger partial charge in [0.25, 0.3) is 0 Å². The van der Waals surface area contributed by atoms with Crippen LogP contribution in [-0.2, 0) is 0 Å². The summed E-state index contributed by atoms with van der Waals surface area (Å²) >= 11 is 0. The molecule has 258 valence electrons. The Labute approximate surface area is 336 Å². The Morgan fingerprint density at radius 1 is 0.345 bits per heavy atom. The van der Waals surface area contributed by atoms with E-state index in [0.29, 0.717) is 17.2 Å². The third kappa shape index (κ3) is 6.16. The number of benzene rings is 8. The van der Waals surface area contributed by atoms with Gasteiger partial charge < -0.3 is 4.57 Å². The molecular formula is C51H34N4. The fraction of sp³-hybridized carbons (Fsp3) is 0. The van der Waals surface area contributed by atoms with Crippen molar-refractivity contribution in [3.63, 3.8) is 0 Å². The molecule has 0 bridgehead atoms. The highest BCUT2D eigenvalue weighted by Gasteiger charge is 2.16. The van der Waals surface area contributed by atoms with Gasteiger partial charge in [-0.15, -0.1) is 0 Å². The number of para-hydroxylation sites is 2. The largest absolute Gasteiger partial charge is 0.309 e. The molecule has 0 radical (unpaired) electrons. The van der Waals surface area contributed by atoms with Crippen LogP contribution in [0.5, 0.6) is 0 Å². The molecule has 0 aliphatic heterocycles. The number of nitrogens with zero attached hydrogens (tertiary/aromatic N) is 4. The average molecular weight is 715 g/mol. The van der Waals surface area contributed by atoms with Crippen LogP contribution in [0.4, 0.5) is 0 Å². The van der Waals surface area contributed by atoms with Gasteiger partial charge in [0.2, 0.25) is 0 Å². The maximum Gasteiger partial charge on any atom is 0.164 e. The van der Waals surface area contributed by atoms with E-state index in [0.717, 1.165) is 37.9 Å². The molecule has 0 amide bonds. The van der Waals surface area contributed by atoms with E-state index in [1.807, 2.05) is 72.8 Å². The zero-order valence-corrected chi connectivity index (χ0v) is 29.0. The Bertz CT molecular complexity index is 3610. The van der Waals surface area contributed by atoms with Gasteiger partial charge in [-0.1, -0.05) is 176 Å². The Kier molecular flexibility index (Phi) is 5.52. The van der Waals surface area contributed by atoms with Gasteiger partial charge >= 0.3 is 0 Å². The van der Waals surface area contributed by atoms with Gasteiger partial charge in [-0.05, 0) is 63.6 Å². The van der Waals surface area contributed by atoms with Crippen molar-refractivity contribution in [2.75, 3.05) is 0 Å². The zero-order valence-electron chi connectivity index (χ0n) is 41.0. The number of fused-ring (bicyclic) bond motifs is 3. The zero-order chi connectivity index (χ0) is 47.0.